The van der Waals surface area contributed by atoms with E-state index >= 15 is 8.78 Å². The number of likely N-dealkylation sites (tertiary alicyclic amines) is 2. The van der Waals surface area contributed by atoms with E-state index in [2.05, 4.69) is 4.74 Å². The van der Waals surface area contributed by atoms with Gasteiger partial charge >= 0.3 is 24.3 Å². The highest BCUT2D eigenvalue weighted by atomic mass is 35.5. The lowest BCUT2D eigenvalue weighted by Crippen LogP contribution is -2.61. The predicted molar refractivity (Wildman–Crippen MR) is 141 cm³/mol. The number of carbonyl (C=O) groups excluding carboxylic acids is 3. The number of esters is 2. The van der Waals surface area contributed by atoms with Crippen LogP contribution in [-0.4, -0.2) is 71.8 Å². The van der Waals surface area contributed by atoms with Crippen LogP contribution in [0.5, 0.6) is 5.75 Å². The summed E-state index contributed by atoms with van der Waals surface area (Å²) in [7, 11) is 0. The average molecular weight is 669 g/mol. The Bertz CT molecular complexity index is 1500. The van der Waals surface area contributed by atoms with E-state index in [4.69, 9.17) is 16.3 Å². The number of ether oxygens (including phenoxy) is 2. The zero-order valence-electron chi connectivity index (χ0n) is 23.2. The molecule has 0 spiro atoms. The smallest absolute Gasteiger partial charge is 0.490 e. The molecule has 5 rings (SSSR count). The average Bonchev–Trinajstić information content (AvgIpc) is 3.65. The number of hydrogen-bond acceptors (Lipinski definition) is 6. The van der Waals surface area contributed by atoms with Crippen molar-refractivity contribution in [1.82, 2.24) is 9.80 Å². The van der Waals surface area contributed by atoms with Gasteiger partial charge < -0.3 is 14.4 Å². The van der Waals surface area contributed by atoms with Crippen molar-refractivity contribution in [2.24, 2.45) is 0 Å². The number of nitrogens with zero attached hydrogens (tertiary/aromatic N) is 2. The zero-order valence-corrected chi connectivity index (χ0v) is 24.0. The second-order valence-corrected chi connectivity index (χ2v) is 11.8. The molecule has 2 aromatic carbocycles. The maximum absolute atomic E-state index is 15.4. The van der Waals surface area contributed by atoms with Gasteiger partial charge in [0.25, 0.3) is 5.91 Å². The molecule has 7 nitrogen and oxygen atoms in total. The lowest BCUT2D eigenvalue weighted by molar-refractivity contribution is -0.203. The van der Waals surface area contributed by atoms with Gasteiger partial charge in [-0.15, -0.1) is 0 Å². The molecular weight excluding hydrogens is 644 g/mol. The van der Waals surface area contributed by atoms with Crippen LogP contribution in [0.1, 0.15) is 58.6 Å². The molecule has 244 valence electrons. The fourth-order valence-corrected chi connectivity index (χ4v) is 5.73. The summed E-state index contributed by atoms with van der Waals surface area (Å²) in [6.07, 6.45) is -8.67. The normalized spacial score (nSPS) is 20.1. The molecule has 3 aliphatic rings. The van der Waals surface area contributed by atoms with Crippen LogP contribution in [0.3, 0.4) is 0 Å². The topological polar surface area (TPSA) is 76.2 Å². The third-order valence-electron chi connectivity index (χ3n) is 7.83. The molecule has 2 aromatic rings. The van der Waals surface area contributed by atoms with Crippen molar-refractivity contribution in [3.8, 4) is 5.75 Å². The number of carbonyl (C=O) groups is 3. The molecule has 1 aliphatic carbocycles. The first-order valence-corrected chi connectivity index (χ1v) is 14.2. The Morgan fingerprint density at radius 2 is 1.69 bits per heavy atom. The number of alkyl halides is 7. The summed E-state index contributed by atoms with van der Waals surface area (Å²) >= 11 is 5.71. The first-order chi connectivity index (χ1) is 20.9. The van der Waals surface area contributed by atoms with E-state index < -0.39 is 65.5 Å². The summed E-state index contributed by atoms with van der Waals surface area (Å²) in [5.41, 5.74) is -3.05. The lowest BCUT2D eigenvalue weighted by Gasteiger charge is -2.44. The Balaban J connectivity index is 1.25. The quantitative estimate of drug-likeness (QED) is 0.189. The second-order valence-electron chi connectivity index (χ2n) is 11.4. The van der Waals surface area contributed by atoms with E-state index in [1.807, 2.05) is 0 Å². The van der Waals surface area contributed by atoms with E-state index in [1.54, 1.807) is 0 Å². The Morgan fingerprint density at radius 1 is 1.00 bits per heavy atom. The largest absolute Gasteiger partial charge is 0.491 e. The maximum Gasteiger partial charge on any atom is 0.491 e. The van der Waals surface area contributed by atoms with Crippen LogP contribution in [0.15, 0.2) is 30.3 Å². The maximum atomic E-state index is 15.4. The first-order valence-electron chi connectivity index (χ1n) is 13.8. The van der Waals surface area contributed by atoms with E-state index in [1.165, 1.54) is 23.1 Å². The van der Waals surface area contributed by atoms with E-state index in [-0.39, 0.29) is 61.3 Å². The summed E-state index contributed by atoms with van der Waals surface area (Å²) < 4.78 is 118. The highest BCUT2D eigenvalue weighted by molar-refractivity contribution is 6.30. The number of benzene rings is 2. The van der Waals surface area contributed by atoms with Crippen LogP contribution >= 0.6 is 11.6 Å². The zero-order chi connectivity index (χ0) is 32.9. The molecule has 1 atom stereocenters. The summed E-state index contributed by atoms with van der Waals surface area (Å²) in [6.45, 7) is -1.35. The Morgan fingerprint density at radius 3 is 2.31 bits per heavy atom. The van der Waals surface area contributed by atoms with Crippen molar-refractivity contribution in [3.63, 3.8) is 0 Å². The van der Waals surface area contributed by atoms with Crippen LogP contribution in [-0.2, 0) is 27.0 Å². The number of rotatable bonds is 8. The fraction of sp³-hybridized carbons (Fsp3) is 0.483. The van der Waals surface area contributed by atoms with Gasteiger partial charge in [0.05, 0.1) is 11.1 Å². The van der Waals surface area contributed by atoms with Gasteiger partial charge in [0.2, 0.25) is 0 Å². The third-order valence-corrected chi connectivity index (χ3v) is 8.06. The van der Waals surface area contributed by atoms with Gasteiger partial charge in [-0.2, -0.15) is 26.3 Å². The van der Waals surface area contributed by atoms with Gasteiger partial charge in [-0.3, -0.25) is 9.69 Å². The minimum absolute atomic E-state index is 0.0350. The van der Waals surface area contributed by atoms with Gasteiger partial charge in [0.1, 0.15) is 24.2 Å². The molecule has 0 N–H and O–H groups in total. The summed E-state index contributed by atoms with van der Waals surface area (Å²) in [5.74, 6) is -6.58. The minimum atomic E-state index is -5.42. The van der Waals surface area contributed by atoms with Crippen LogP contribution in [0.2, 0.25) is 5.02 Å². The Labute approximate surface area is 256 Å². The number of amides is 1. The van der Waals surface area contributed by atoms with E-state index in [0.29, 0.717) is 18.4 Å². The van der Waals surface area contributed by atoms with Crippen molar-refractivity contribution >= 4 is 29.4 Å². The molecule has 45 heavy (non-hydrogen) atoms. The van der Waals surface area contributed by atoms with Gasteiger partial charge in [-0.1, -0.05) is 17.7 Å². The van der Waals surface area contributed by atoms with Crippen molar-refractivity contribution in [2.75, 3.05) is 26.2 Å². The van der Waals surface area contributed by atoms with Crippen molar-refractivity contribution in [1.29, 1.82) is 0 Å². The van der Waals surface area contributed by atoms with Gasteiger partial charge in [0, 0.05) is 37.3 Å². The van der Waals surface area contributed by atoms with Gasteiger partial charge in [0.15, 0.2) is 5.67 Å². The first kappa shape index (κ1) is 32.9. The Hall–Kier alpha value is -3.46. The molecule has 3 fully saturated rings. The highest BCUT2D eigenvalue weighted by Gasteiger charge is 2.47. The van der Waals surface area contributed by atoms with Crippen LogP contribution < -0.4 is 4.74 Å². The molecule has 16 heteroatoms. The van der Waals surface area contributed by atoms with Crippen molar-refractivity contribution in [3.05, 3.63) is 63.4 Å². The van der Waals surface area contributed by atoms with Crippen LogP contribution in [0.4, 0.5) is 35.1 Å². The van der Waals surface area contributed by atoms with Crippen molar-refractivity contribution < 1.29 is 59.0 Å². The third kappa shape index (κ3) is 7.35. The molecule has 2 aliphatic heterocycles. The van der Waals surface area contributed by atoms with Crippen LogP contribution in [0.25, 0.3) is 0 Å². The van der Waals surface area contributed by atoms with Crippen molar-refractivity contribution in [2.45, 2.75) is 62.2 Å². The fourth-order valence-electron chi connectivity index (χ4n) is 5.56. The second kappa shape index (κ2) is 12.0. The molecule has 0 bridgehead atoms. The standard InChI is InChI=1S/C29H25ClF8N2O5/c30-17-6-5-16(20(8-17)28(33,34)35)11-39-12-27(32,13-39)14-44-23-10-21(31)19(9-18(23)15-3-4-15)24(41)40-7-1-2-22(40)25(42)45-26(43)29(36,37)38/h5-6,8-10,15,22H,1-4,7,11-14H2. The molecule has 0 radical (unpaired) electrons. The van der Waals surface area contributed by atoms with Gasteiger partial charge in [-0.25, -0.2) is 18.4 Å². The van der Waals surface area contributed by atoms with E-state index in [9.17, 15) is 40.7 Å². The molecule has 2 saturated heterocycles. The number of hydrogen-bond donors (Lipinski definition) is 0. The summed E-state index contributed by atoms with van der Waals surface area (Å²) in [6, 6.07) is 3.89. The lowest BCUT2D eigenvalue weighted by atomic mass is 9.95. The molecular formula is C29H25ClF8N2O5. The molecule has 1 saturated carbocycles. The molecule has 0 aromatic heterocycles. The molecule has 1 amide bonds. The minimum Gasteiger partial charge on any atom is -0.490 e. The van der Waals surface area contributed by atoms with Gasteiger partial charge in [-0.05, 0) is 60.9 Å². The predicted octanol–water partition coefficient (Wildman–Crippen LogP) is 6.21. The summed E-state index contributed by atoms with van der Waals surface area (Å²) in [5, 5.41) is -0.0884. The molecule has 2 heterocycles. The van der Waals surface area contributed by atoms with E-state index in [0.717, 1.165) is 17.0 Å². The SMILES string of the molecule is O=C(OC(=O)C(F)(F)F)C1CCCN1C(=O)c1cc(C2CC2)c(OCC2(F)CN(Cc3ccc(Cl)cc3C(F)(F)F)C2)cc1F. The molecule has 1 unspecified atom stereocenters. The summed E-state index contributed by atoms with van der Waals surface area (Å²) in [4.78, 5) is 38.8. The monoisotopic (exact) mass is 668 g/mol. The van der Waals surface area contributed by atoms with Crippen LogP contribution in [0, 0.1) is 5.82 Å². The Kier molecular flexibility index (Phi) is 8.81. The highest BCUT2D eigenvalue weighted by Crippen LogP contribution is 2.46. The number of halogens is 9.